The molecule has 80 valence electrons. The average Bonchev–Trinajstić information content (AvgIpc) is 2.02. The fraction of sp³-hybridized carbons (Fsp3) is 0.600. The molecule has 0 rings (SSSR count). The van der Waals surface area contributed by atoms with Crippen LogP contribution in [0.1, 0.15) is 27.2 Å². The fourth-order valence-corrected chi connectivity index (χ4v) is 0.878. The van der Waals surface area contributed by atoms with E-state index in [0.717, 1.165) is 6.08 Å². The van der Waals surface area contributed by atoms with Crippen LogP contribution < -0.4 is 0 Å². The zero-order chi connectivity index (χ0) is 11.1. The van der Waals surface area contributed by atoms with Gasteiger partial charge in [0.15, 0.2) is 5.78 Å². The Morgan fingerprint density at radius 2 is 2.00 bits per heavy atom. The second kappa shape index (κ2) is 6.18. The summed E-state index contributed by atoms with van der Waals surface area (Å²) in [5.41, 5.74) is 0. The highest BCUT2D eigenvalue weighted by Crippen LogP contribution is 2.03. The predicted molar refractivity (Wildman–Crippen MR) is 51.8 cm³/mol. The molecule has 14 heavy (non-hydrogen) atoms. The van der Waals surface area contributed by atoms with Crippen LogP contribution >= 0.6 is 0 Å². The Balaban J connectivity index is 4.22. The summed E-state index contributed by atoms with van der Waals surface area (Å²) in [7, 11) is 0. The maximum atomic E-state index is 11.1. The van der Waals surface area contributed by atoms with Crippen LogP contribution in [0.3, 0.4) is 0 Å². The van der Waals surface area contributed by atoms with Gasteiger partial charge in [0.25, 0.3) is 0 Å². The molecule has 0 fully saturated rings. The van der Waals surface area contributed by atoms with Crippen LogP contribution in [0.4, 0.5) is 0 Å². The molecular formula is C10H16O4. The van der Waals surface area contributed by atoms with Crippen molar-refractivity contribution in [2.24, 2.45) is 5.92 Å². The number of hydrogen-bond donors (Lipinski definition) is 1. The van der Waals surface area contributed by atoms with E-state index in [9.17, 15) is 9.59 Å². The first-order valence-electron chi connectivity index (χ1n) is 4.58. The third-order valence-corrected chi connectivity index (χ3v) is 1.39. The molecule has 0 unspecified atom stereocenters. The molecule has 0 radical (unpaired) electrons. The van der Waals surface area contributed by atoms with Gasteiger partial charge in [0.05, 0.1) is 6.61 Å². The van der Waals surface area contributed by atoms with Crippen LogP contribution in [0.2, 0.25) is 0 Å². The molecule has 0 saturated carbocycles. The average molecular weight is 200 g/mol. The fourth-order valence-electron chi connectivity index (χ4n) is 0.878. The summed E-state index contributed by atoms with van der Waals surface area (Å²) in [4.78, 5) is 22.0. The Hall–Kier alpha value is -1.32. The van der Waals surface area contributed by atoms with Gasteiger partial charge in [0, 0.05) is 12.5 Å². The van der Waals surface area contributed by atoms with Gasteiger partial charge >= 0.3 is 5.97 Å². The molecule has 0 aromatic carbocycles. The number of aliphatic hydroxyl groups excluding tert-OH is 1. The summed E-state index contributed by atoms with van der Waals surface area (Å²) < 4.78 is 4.50. The quantitative estimate of drug-likeness (QED) is 0.416. The third-order valence-electron chi connectivity index (χ3n) is 1.39. The zero-order valence-corrected chi connectivity index (χ0v) is 8.74. The van der Waals surface area contributed by atoms with Crippen molar-refractivity contribution in [2.75, 3.05) is 6.61 Å². The first-order chi connectivity index (χ1) is 6.47. The van der Waals surface area contributed by atoms with E-state index < -0.39 is 11.7 Å². The van der Waals surface area contributed by atoms with Gasteiger partial charge in [-0.15, -0.1) is 0 Å². The molecule has 0 bridgehead atoms. The number of aliphatic hydroxyl groups is 1. The van der Waals surface area contributed by atoms with Crippen LogP contribution in [-0.2, 0) is 14.3 Å². The number of carbonyl (C=O) groups excluding carboxylic acids is 2. The number of ether oxygens (including phenoxy) is 1. The van der Waals surface area contributed by atoms with Crippen LogP contribution in [0, 0.1) is 5.92 Å². The second-order valence-electron chi connectivity index (χ2n) is 3.31. The lowest BCUT2D eigenvalue weighted by Crippen LogP contribution is -2.09. The summed E-state index contributed by atoms with van der Waals surface area (Å²) in [5.74, 6) is -1.55. The summed E-state index contributed by atoms with van der Waals surface area (Å²) in [5, 5.41) is 9.10. The second-order valence-corrected chi connectivity index (χ2v) is 3.31. The predicted octanol–water partition coefficient (Wildman–Crippen LogP) is 1.61. The van der Waals surface area contributed by atoms with Crippen LogP contribution in [-0.4, -0.2) is 23.5 Å². The van der Waals surface area contributed by atoms with Crippen molar-refractivity contribution >= 4 is 11.8 Å². The first-order valence-corrected chi connectivity index (χ1v) is 4.58. The minimum absolute atomic E-state index is 0.176. The van der Waals surface area contributed by atoms with E-state index >= 15 is 0 Å². The third kappa shape index (κ3) is 5.35. The van der Waals surface area contributed by atoms with Gasteiger partial charge < -0.3 is 9.84 Å². The summed E-state index contributed by atoms with van der Waals surface area (Å²) in [6, 6.07) is 0. The number of allylic oxidation sites excluding steroid dienone is 1. The minimum atomic E-state index is -0.857. The van der Waals surface area contributed by atoms with E-state index in [2.05, 4.69) is 4.74 Å². The van der Waals surface area contributed by atoms with Gasteiger partial charge in [-0.3, -0.25) is 4.79 Å². The number of ketones is 1. The largest absolute Gasteiger partial charge is 0.502 e. The molecule has 0 spiro atoms. The monoisotopic (exact) mass is 200 g/mol. The summed E-state index contributed by atoms with van der Waals surface area (Å²) in [6.07, 6.45) is 1.22. The van der Waals surface area contributed by atoms with Gasteiger partial charge in [0.1, 0.15) is 0 Å². The lowest BCUT2D eigenvalue weighted by molar-refractivity contribution is -0.141. The molecule has 1 N–H and O–H groups in total. The zero-order valence-electron chi connectivity index (χ0n) is 8.74. The van der Waals surface area contributed by atoms with E-state index in [1.54, 1.807) is 6.92 Å². The lowest BCUT2D eigenvalue weighted by Gasteiger charge is -2.01. The Morgan fingerprint density at radius 1 is 1.43 bits per heavy atom. The van der Waals surface area contributed by atoms with Crippen molar-refractivity contribution in [1.82, 2.24) is 0 Å². The van der Waals surface area contributed by atoms with Crippen molar-refractivity contribution < 1.29 is 19.4 Å². The molecule has 4 heteroatoms. The molecule has 0 atom stereocenters. The summed E-state index contributed by atoms with van der Waals surface area (Å²) in [6.45, 7) is 5.57. The van der Waals surface area contributed by atoms with Gasteiger partial charge in [-0.2, -0.15) is 0 Å². The van der Waals surface area contributed by atoms with Crippen molar-refractivity contribution in [2.45, 2.75) is 27.2 Å². The summed E-state index contributed by atoms with van der Waals surface area (Å²) >= 11 is 0. The molecule has 0 aromatic rings. The standard InChI is InChI=1S/C10H16O4/c1-4-14-10(13)9(12)6-8(11)5-7(2)3/h6-7,12H,4-5H2,1-3H3. The smallest absolute Gasteiger partial charge is 0.373 e. The minimum Gasteiger partial charge on any atom is -0.502 e. The van der Waals surface area contributed by atoms with E-state index in [4.69, 9.17) is 5.11 Å². The number of hydrogen-bond acceptors (Lipinski definition) is 4. The maximum Gasteiger partial charge on any atom is 0.373 e. The molecule has 0 amide bonds. The highest BCUT2D eigenvalue weighted by atomic mass is 16.5. The molecular weight excluding hydrogens is 184 g/mol. The van der Waals surface area contributed by atoms with E-state index in [0.29, 0.717) is 6.42 Å². The Labute approximate surface area is 83.6 Å². The topological polar surface area (TPSA) is 63.6 Å². The molecule has 0 aromatic heterocycles. The normalized spacial score (nSPS) is 11.6. The van der Waals surface area contributed by atoms with Crippen LogP contribution in [0.25, 0.3) is 0 Å². The van der Waals surface area contributed by atoms with Crippen LogP contribution in [0.15, 0.2) is 11.8 Å². The number of rotatable bonds is 5. The lowest BCUT2D eigenvalue weighted by atomic mass is 10.1. The van der Waals surface area contributed by atoms with Gasteiger partial charge in [0.2, 0.25) is 5.76 Å². The molecule has 0 heterocycles. The van der Waals surface area contributed by atoms with Crippen molar-refractivity contribution in [3.63, 3.8) is 0 Å². The SMILES string of the molecule is CCOC(=O)C(O)=CC(=O)CC(C)C. The maximum absolute atomic E-state index is 11.1. The van der Waals surface area contributed by atoms with E-state index in [-0.39, 0.29) is 18.3 Å². The van der Waals surface area contributed by atoms with E-state index in [1.165, 1.54) is 0 Å². The van der Waals surface area contributed by atoms with Gasteiger partial charge in [-0.1, -0.05) is 13.8 Å². The van der Waals surface area contributed by atoms with Crippen LogP contribution in [0.5, 0.6) is 0 Å². The Bertz CT molecular complexity index is 241. The van der Waals surface area contributed by atoms with Gasteiger partial charge in [-0.05, 0) is 12.8 Å². The highest BCUT2D eigenvalue weighted by molar-refractivity contribution is 5.97. The number of esters is 1. The van der Waals surface area contributed by atoms with E-state index in [1.807, 2.05) is 13.8 Å². The molecule has 0 aliphatic rings. The Kier molecular flexibility index (Phi) is 5.60. The highest BCUT2D eigenvalue weighted by Gasteiger charge is 2.11. The molecule has 0 saturated heterocycles. The Morgan fingerprint density at radius 3 is 2.43 bits per heavy atom. The van der Waals surface area contributed by atoms with Crippen molar-refractivity contribution in [3.05, 3.63) is 11.8 Å². The van der Waals surface area contributed by atoms with Crippen molar-refractivity contribution in [3.8, 4) is 0 Å². The number of carbonyl (C=O) groups is 2. The van der Waals surface area contributed by atoms with Gasteiger partial charge in [-0.25, -0.2) is 4.79 Å². The molecule has 0 aliphatic heterocycles. The molecule has 4 nitrogen and oxygen atoms in total. The van der Waals surface area contributed by atoms with Crippen molar-refractivity contribution in [1.29, 1.82) is 0 Å². The molecule has 0 aliphatic carbocycles. The first kappa shape index (κ1) is 12.7.